The summed E-state index contributed by atoms with van der Waals surface area (Å²) in [7, 11) is 0. The molecule has 0 aliphatic heterocycles. The Balaban J connectivity index is 2.10. The second-order valence-electron chi connectivity index (χ2n) is 4.56. The van der Waals surface area contributed by atoms with E-state index in [1.807, 2.05) is 41.2 Å². The topological polar surface area (TPSA) is 48.0 Å². The lowest BCUT2D eigenvalue weighted by molar-refractivity contribution is 0.644. The van der Waals surface area contributed by atoms with E-state index >= 15 is 0 Å². The van der Waals surface area contributed by atoms with Crippen molar-refractivity contribution in [1.82, 2.24) is 9.55 Å². The van der Waals surface area contributed by atoms with Crippen molar-refractivity contribution in [2.75, 3.05) is 0 Å². The van der Waals surface area contributed by atoms with Crippen LogP contribution in [0.1, 0.15) is 0 Å². The Morgan fingerprint density at radius 2 is 1.85 bits per heavy atom. The van der Waals surface area contributed by atoms with Gasteiger partial charge in [-0.15, -0.1) is 0 Å². The minimum atomic E-state index is -0.0524. The molecule has 0 saturated carbocycles. The van der Waals surface area contributed by atoms with Crippen LogP contribution in [0, 0.1) is 0 Å². The number of aromatic nitrogens is 2. The average Bonchev–Trinajstić information content (AvgIpc) is 3.02. The van der Waals surface area contributed by atoms with E-state index in [-0.39, 0.29) is 5.43 Å². The molecular weight excluding hydrogens is 252 g/mol. The van der Waals surface area contributed by atoms with Gasteiger partial charge in [-0.2, -0.15) is 0 Å². The highest BCUT2D eigenvalue weighted by Crippen LogP contribution is 2.19. The van der Waals surface area contributed by atoms with E-state index in [0.29, 0.717) is 22.1 Å². The fraction of sp³-hybridized carbons (Fsp3) is 0. The van der Waals surface area contributed by atoms with E-state index in [1.54, 1.807) is 24.4 Å². The maximum atomic E-state index is 12.5. The Morgan fingerprint density at radius 3 is 2.70 bits per heavy atom. The maximum absolute atomic E-state index is 12.5. The minimum absolute atomic E-state index is 0.0524. The number of hydrogen-bond donors (Lipinski definition) is 0. The van der Waals surface area contributed by atoms with E-state index in [2.05, 4.69) is 4.98 Å². The zero-order valence-corrected chi connectivity index (χ0v) is 10.5. The lowest BCUT2D eigenvalue weighted by Crippen LogP contribution is -2.03. The number of hydrogen-bond acceptors (Lipinski definition) is 3. The van der Waals surface area contributed by atoms with E-state index in [4.69, 9.17) is 4.42 Å². The van der Waals surface area contributed by atoms with Gasteiger partial charge in [0.25, 0.3) is 0 Å². The lowest BCUT2D eigenvalue weighted by atomic mass is 10.1. The number of rotatable bonds is 1. The Morgan fingerprint density at radius 1 is 1.00 bits per heavy atom. The van der Waals surface area contributed by atoms with Crippen LogP contribution >= 0.6 is 0 Å². The lowest BCUT2D eigenvalue weighted by Gasteiger charge is -2.05. The van der Waals surface area contributed by atoms with E-state index in [1.165, 1.54) is 0 Å². The average molecular weight is 262 g/mol. The largest absolute Gasteiger partial charge is 0.437 e. The highest BCUT2D eigenvalue weighted by atomic mass is 16.3. The molecule has 3 heterocycles. The van der Waals surface area contributed by atoms with Gasteiger partial charge in [-0.25, -0.2) is 4.98 Å². The standard InChI is InChI=1S/C16H10N2O2/c19-15-12-4-3-7-17-16(12)20-14-6-5-11(10-13(14)15)18-8-1-2-9-18/h1-10H. The van der Waals surface area contributed by atoms with Gasteiger partial charge < -0.3 is 8.98 Å². The van der Waals surface area contributed by atoms with Crippen molar-refractivity contribution in [3.8, 4) is 5.69 Å². The van der Waals surface area contributed by atoms with Crippen LogP contribution in [0.3, 0.4) is 0 Å². The van der Waals surface area contributed by atoms with Crippen LogP contribution in [0.5, 0.6) is 0 Å². The molecule has 0 aliphatic carbocycles. The summed E-state index contributed by atoms with van der Waals surface area (Å²) in [4.78, 5) is 16.6. The van der Waals surface area contributed by atoms with Crippen LogP contribution in [0.4, 0.5) is 0 Å². The molecule has 0 fully saturated rings. The third kappa shape index (κ3) is 1.55. The maximum Gasteiger partial charge on any atom is 0.230 e. The summed E-state index contributed by atoms with van der Waals surface area (Å²) < 4.78 is 7.63. The van der Waals surface area contributed by atoms with Crippen molar-refractivity contribution in [2.45, 2.75) is 0 Å². The quantitative estimate of drug-likeness (QED) is 0.495. The van der Waals surface area contributed by atoms with Crippen LogP contribution in [-0.2, 0) is 0 Å². The molecule has 4 rings (SSSR count). The minimum Gasteiger partial charge on any atom is -0.437 e. The molecule has 0 N–H and O–H groups in total. The number of nitrogens with zero attached hydrogens (tertiary/aromatic N) is 2. The molecule has 0 bridgehead atoms. The van der Waals surface area contributed by atoms with Crippen molar-refractivity contribution in [3.05, 3.63) is 71.3 Å². The van der Waals surface area contributed by atoms with Gasteiger partial charge >= 0.3 is 0 Å². The third-order valence-electron chi connectivity index (χ3n) is 3.33. The van der Waals surface area contributed by atoms with Crippen LogP contribution in [0.2, 0.25) is 0 Å². The van der Waals surface area contributed by atoms with Gasteiger partial charge in [0.2, 0.25) is 11.1 Å². The highest BCUT2D eigenvalue weighted by Gasteiger charge is 2.09. The second kappa shape index (κ2) is 4.06. The third-order valence-corrected chi connectivity index (χ3v) is 3.33. The molecule has 0 atom stereocenters. The molecule has 4 nitrogen and oxygen atoms in total. The SMILES string of the molecule is O=c1c2cc(-n3cccc3)ccc2oc2ncccc12. The first kappa shape index (κ1) is 11.0. The van der Waals surface area contributed by atoms with Crippen LogP contribution in [0.15, 0.2) is 70.3 Å². The van der Waals surface area contributed by atoms with Gasteiger partial charge in [0.1, 0.15) is 5.58 Å². The van der Waals surface area contributed by atoms with Gasteiger partial charge in [-0.05, 0) is 42.5 Å². The van der Waals surface area contributed by atoms with Gasteiger partial charge in [-0.3, -0.25) is 4.79 Å². The highest BCUT2D eigenvalue weighted by molar-refractivity contribution is 5.89. The zero-order chi connectivity index (χ0) is 13.5. The fourth-order valence-corrected chi connectivity index (χ4v) is 2.35. The summed E-state index contributed by atoms with van der Waals surface area (Å²) in [6.07, 6.45) is 5.49. The predicted octanol–water partition coefficient (Wildman–Crippen LogP) is 3.13. The Kier molecular flexibility index (Phi) is 2.23. The first-order valence-electron chi connectivity index (χ1n) is 6.28. The van der Waals surface area contributed by atoms with Gasteiger partial charge in [0.15, 0.2) is 0 Å². The van der Waals surface area contributed by atoms with Gasteiger partial charge in [0.05, 0.1) is 10.8 Å². The molecule has 0 unspecified atom stereocenters. The summed E-state index contributed by atoms with van der Waals surface area (Å²) in [6.45, 7) is 0. The predicted molar refractivity (Wildman–Crippen MR) is 77.1 cm³/mol. The number of fused-ring (bicyclic) bond motifs is 2. The van der Waals surface area contributed by atoms with Crippen LogP contribution in [0.25, 0.3) is 27.8 Å². The smallest absolute Gasteiger partial charge is 0.230 e. The normalized spacial score (nSPS) is 11.2. The van der Waals surface area contributed by atoms with Gasteiger partial charge in [-0.1, -0.05) is 0 Å². The molecule has 0 aliphatic rings. The molecule has 0 radical (unpaired) electrons. The summed E-state index contributed by atoms with van der Waals surface area (Å²) in [5.74, 6) is 0. The molecule has 0 amide bonds. The molecule has 0 spiro atoms. The number of benzene rings is 1. The first-order valence-corrected chi connectivity index (χ1v) is 6.28. The summed E-state index contributed by atoms with van der Waals surface area (Å²) in [5, 5.41) is 1.07. The van der Waals surface area contributed by atoms with E-state index in [9.17, 15) is 4.79 Å². The second-order valence-corrected chi connectivity index (χ2v) is 4.56. The van der Waals surface area contributed by atoms with Crippen molar-refractivity contribution in [3.63, 3.8) is 0 Å². The van der Waals surface area contributed by atoms with E-state index < -0.39 is 0 Å². The molecule has 96 valence electrons. The van der Waals surface area contributed by atoms with Gasteiger partial charge in [0, 0.05) is 24.3 Å². The van der Waals surface area contributed by atoms with E-state index in [0.717, 1.165) is 5.69 Å². The molecule has 4 heteroatoms. The first-order chi connectivity index (χ1) is 9.83. The molecular formula is C16H10N2O2. The number of pyridine rings is 1. The van der Waals surface area contributed by atoms with Crippen molar-refractivity contribution in [2.24, 2.45) is 0 Å². The van der Waals surface area contributed by atoms with Crippen molar-refractivity contribution >= 4 is 22.1 Å². The summed E-state index contributed by atoms with van der Waals surface area (Å²) in [6, 6.07) is 12.9. The van der Waals surface area contributed by atoms with Crippen LogP contribution in [-0.4, -0.2) is 9.55 Å². The Bertz CT molecular complexity index is 969. The Hall–Kier alpha value is -2.88. The Labute approximate surface area is 113 Å². The molecule has 1 aromatic carbocycles. The summed E-state index contributed by atoms with van der Waals surface area (Å²) >= 11 is 0. The van der Waals surface area contributed by atoms with Crippen LogP contribution < -0.4 is 5.43 Å². The molecule has 0 saturated heterocycles. The molecule has 20 heavy (non-hydrogen) atoms. The van der Waals surface area contributed by atoms with Crippen molar-refractivity contribution in [1.29, 1.82) is 0 Å². The summed E-state index contributed by atoms with van der Waals surface area (Å²) in [5.41, 5.74) is 1.80. The molecule has 4 aromatic rings. The zero-order valence-electron chi connectivity index (χ0n) is 10.5. The fourth-order valence-electron chi connectivity index (χ4n) is 2.35. The molecule has 3 aromatic heterocycles. The van der Waals surface area contributed by atoms with Crippen molar-refractivity contribution < 1.29 is 4.42 Å². The monoisotopic (exact) mass is 262 g/mol.